The van der Waals surface area contributed by atoms with E-state index >= 15 is 0 Å². The number of hydrogen-bond donors (Lipinski definition) is 0. The van der Waals surface area contributed by atoms with Crippen molar-refractivity contribution in [3.05, 3.63) is 52.2 Å². The summed E-state index contributed by atoms with van der Waals surface area (Å²) in [4.78, 5) is 29.2. The van der Waals surface area contributed by atoms with Crippen molar-refractivity contribution < 1.29 is 14.3 Å². The first-order valence-electron chi connectivity index (χ1n) is 7.91. The van der Waals surface area contributed by atoms with Crippen LogP contribution in [0.4, 0.5) is 5.69 Å². The molecule has 1 aromatic carbocycles. The summed E-state index contributed by atoms with van der Waals surface area (Å²) in [5.41, 5.74) is 1.54. The molecule has 1 amide bonds. The normalized spacial score (nSPS) is 14.5. The highest BCUT2D eigenvalue weighted by Crippen LogP contribution is 2.19. The maximum absolute atomic E-state index is 12.3. The van der Waals surface area contributed by atoms with Gasteiger partial charge in [0, 0.05) is 36.7 Å². The van der Waals surface area contributed by atoms with Crippen molar-refractivity contribution in [3.8, 4) is 0 Å². The molecule has 1 aliphatic rings. The van der Waals surface area contributed by atoms with Crippen LogP contribution in [0.25, 0.3) is 0 Å². The van der Waals surface area contributed by atoms with Crippen molar-refractivity contribution in [2.45, 2.75) is 6.42 Å². The highest BCUT2D eigenvalue weighted by molar-refractivity contribution is 7.10. The monoisotopic (exact) mass is 344 g/mol. The van der Waals surface area contributed by atoms with Crippen LogP contribution in [0.5, 0.6) is 0 Å². The fourth-order valence-corrected chi connectivity index (χ4v) is 3.53. The molecule has 0 bridgehead atoms. The van der Waals surface area contributed by atoms with Crippen molar-refractivity contribution in [2.75, 3.05) is 38.2 Å². The number of piperazine rings is 1. The van der Waals surface area contributed by atoms with Crippen LogP contribution in [0.15, 0.2) is 41.8 Å². The molecule has 0 N–H and O–H groups in total. The Morgan fingerprint density at radius 3 is 2.58 bits per heavy atom. The number of hydrogen-bond acceptors (Lipinski definition) is 5. The first-order chi connectivity index (χ1) is 11.7. The topological polar surface area (TPSA) is 49.9 Å². The zero-order valence-corrected chi connectivity index (χ0v) is 14.4. The van der Waals surface area contributed by atoms with E-state index in [1.807, 2.05) is 40.6 Å². The largest absolute Gasteiger partial charge is 0.465 e. The van der Waals surface area contributed by atoms with E-state index in [9.17, 15) is 9.59 Å². The molecule has 0 radical (unpaired) electrons. The number of methoxy groups -OCH3 is 1. The molecule has 0 saturated carbocycles. The van der Waals surface area contributed by atoms with E-state index in [2.05, 4.69) is 4.90 Å². The maximum Gasteiger partial charge on any atom is 0.337 e. The van der Waals surface area contributed by atoms with Gasteiger partial charge in [-0.3, -0.25) is 4.79 Å². The number of carbonyl (C=O) groups excluding carboxylic acids is 2. The van der Waals surface area contributed by atoms with Gasteiger partial charge >= 0.3 is 5.97 Å². The molecule has 0 spiro atoms. The van der Waals surface area contributed by atoms with Gasteiger partial charge in [0.25, 0.3) is 0 Å². The SMILES string of the molecule is COC(=O)c1cccc(N2CCN(C(=O)Cc3cccs3)CC2)c1. The molecule has 126 valence electrons. The molecule has 2 aromatic rings. The summed E-state index contributed by atoms with van der Waals surface area (Å²) in [6.45, 7) is 2.93. The quantitative estimate of drug-likeness (QED) is 0.800. The lowest BCUT2D eigenvalue weighted by Crippen LogP contribution is -2.49. The Morgan fingerprint density at radius 2 is 1.92 bits per heavy atom. The Bertz CT molecular complexity index is 707. The average molecular weight is 344 g/mol. The van der Waals surface area contributed by atoms with E-state index in [4.69, 9.17) is 4.74 Å². The number of amides is 1. The van der Waals surface area contributed by atoms with Crippen LogP contribution in [-0.4, -0.2) is 50.1 Å². The Balaban J connectivity index is 1.59. The highest BCUT2D eigenvalue weighted by atomic mass is 32.1. The summed E-state index contributed by atoms with van der Waals surface area (Å²) in [5, 5.41) is 1.99. The van der Waals surface area contributed by atoms with Crippen molar-refractivity contribution in [2.24, 2.45) is 0 Å². The molecule has 1 saturated heterocycles. The lowest BCUT2D eigenvalue weighted by molar-refractivity contribution is -0.130. The Morgan fingerprint density at radius 1 is 1.12 bits per heavy atom. The van der Waals surface area contributed by atoms with E-state index < -0.39 is 0 Å². The third kappa shape index (κ3) is 3.76. The summed E-state index contributed by atoms with van der Waals surface area (Å²) in [6.07, 6.45) is 0.482. The van der Waals surface area contributed by atoms with Crippen molar-refractivity contribution >= 4 is 28.9 Å². The van der Waals surface area contributed by atoms with Crippen molar-refractivity contribution in [1.29, 1.82) is 0 Å². The number of thiophene rings is 1. The summed E-state index contributed by atoms with van der Waals surface area (Å²) in [6, 6.07) is 11.4. The molecule has 0 aliphatic carbocycles. The highest BCUT2D eigenvalue weighted by Gasteiger charge is 2.22. The van der Waals surface area contributed by atoms with E-state index in [0.29, 0.717) is 25.1 Å². The number of anilines is 1. The molecule has 1 fully saturated rings. The molecule has 0 atom stereocenters. The fourth-order valence-electron chi connectivity index (χ4n) is 2.84. The Kier molecular flexibility index (Phi) is 5.15. The van der Waals surface area contributed by atoms with Gasteiger partial charge in [0.1, 0.15) is 0 Å². The van der Waals surface area contributed by atoms with E-state index in [1.165, 1.54) is 7.11 Å². The summed E-state index contributed by atoms with van der Waals surface area (Å²) >= 11 is 1.62. The number of nitrogens with zero attached hydrogens (tertiary/aromatic N) is 2. The second-order valence-electron chi connectivity index (χ2n) is 5.67. The number of carbonyl (C=O) groups is 2. The molecule has 2 heterocycles. The molecular formula is C18H20N2O3S. The summed E-state index contributed by atoms with van der Waals surface area (Å²) in [5.74, 6) is -0.151. The predicted molar refractivity (Wildman–Crippen MR) is 94.6 cm³/mol. The maximum atomic E-state index is 12.3. The average Bonchev–Trinajstić information content (AvgIpc) is 3.14. The fraction of sp³-hybridized carbons (Fsp3) is 0.333. The summed E-state index contributed by atoms with van der Waals surface area (Å²) < 4.78 is 4.77. The van der Waals surface area contributed by atoms with Gasteiger partial charge in [0.2, 0.25) is 5.91 Å². The molecule has 1 aromatic heterocycles. The van der Waals surface area contributed by atoms with Crippen molar-refractivity contribution in [1.82, 2.24) is 4.90 Å². The van der Waals surface area contributed by atoms with Crippen LogP contribution < -0.4 is 4.90 Å². The van der Waals surface area contributed by atoms with E-state index in [1.54, 1.807) is 17.4 Å². The first kappa shape index (κ1) is 16.5. The van der Waals surface area contributed by atoms with Crippen LogP contribution >= 0.6 is 11.3 Å². The number of rotatable bonds is 4. The van der Waals surface area contributed by atoms with Gasteiger partial charge in [-0.2, -0.15) is 0 Å². The molecule has 5 nitrogen and oxygen atoms in total. The van der Waals surface area contributed by atoms with Gasteiger partial charge in [-0.15, -0.1) is 11.3 Å². The van der Waals surface area contributed by atoms with Crippen LogP contribution in [0.1, 0.15) is 15.2 Å². The van der Waals surface area contributed by atoms with Crippen LogP contribution in [0.2, 0.25) is 0 Å². The lowest BCUT2D eigenvalue weighted by Gasteiger charge is -2.36. The minimum absolute atomic E-state index is 0.181. The lowest BCUT2D eigenvalue weighted by atomic mass is 10.1. The first-order valence-corrected chi connectivity index (χ1v) is 8.79. The molecule has 3 rings (SSSR count). The second-order valence-corrected chi connectivity index (χ2v) is 6.70. The molecular weight excluding hydrogens is 324 g/mol. The molecule has 24 heavy (non-hydrogen) atoms. The molecule has 0 unspecified atom stereocenters. The number of esters is 1. The second kappa shape index (κ2) is 7.49. The standard InChI is InChI=1S/C18H20N2O3S/c1-23-18(22)14-4-2-5-15(12-14)19-7-9-20(10-8-19)17(21)13-16-6-3-11-24-16/h2-6,11-12H,7-10,13H2,1H3. The van der Waals surface area contributed by atoms with Gasteiger partial charge < -0.3 is 14.5 Å². The van der Waals surface area contributed by atoms with Gasteiger partial charge in [-0.1, -0.05) is 12.1 Å². The third-order valence-corrected chi connectivity index (χ3v) is 5.05. The van der Waals surface area contributed by atoms with Gasteiger partial charge in [-0.25, -0.2) is 4.79 Å². The minimum atomic E-state index is -0.332. The number of benzene rings is 1. The van der Waals surface area contributed by atoms with Crippen LogP contribution in [0, 0.1) is 0 Å². The third-order valence-electron chi connectivity index (χ3n) is 4.17. The zero-order chi connectivity index (χ0) is 16.9. The Hall–Kier alpha value is -2.34. The van der Waals surface area contributed by atoms with E-state index in [0.717, 1.165) is 23.7 Å². The van der Waals surface area contributed by atoms with Crippen LogP contribution in [-0.2, 0) is 16.0 Å². The van der Waals surface area contributed by atoms with Gasteiger partial charge in [-0.05, 0) is 29.6 Å². The van der Waals surface area contributed by atoms with Gasteiger partial charge in [0.15, 0.2) is 0 Å². The minimum Gasteiger partial charge on any atom is -0.465 e. The number of ether oxygens (including phenoxy) is 1. The van der Waals surface area contributed by atoms with Crippen LogP contribution in [0.3, 0.4) is 0 Å². The molecule has 6 heteroatoms. The zero-order valence-electron chi connectivity index (χ0n) is 13.6. The Labute approximate surface area is 145 Å². The van der Waals surface area contributed by atoms with Crippen molar-refractivity contribution in [3.63, 3.8) is 0 Å². The van der Waals surface area contributed by atoms with Gasteiger partial charge in [0.05, 0.1) is 19.1 Å². The van der Waals surface area contributed by atoms with E-state index in [-0.39, 0.29) is 11.9 Å². The predicted octanol–water partition coefficient (Wildman–Crippen LogP) is 2.43. The summed E-state index contributed by atoms with van der Waals surface area (Å²) in [7, 11) is 1.38. The smallest absolute Gasteiger partial charge is 0.337 e. The molecule has 1 aliphatic heterocycles.